The van der Waals surface area contributed by atoms with Gasteiger partial charge in [-0.2, -0.15) is 0 Å². The van der Waals surface area contributed by atoms with Gasteiger partial charge >= 0.3 is 5.97 Å². The molecule has 50 heavy (non-hydrogen) atoms. The Kier molecular flexibility index (Phi) is 9.85. The molecule has 5 aliphatic rings. The minimum Gasteiger partial charge on any atom is -0.481 e. The summed E-state index contributed by atoms with van der Waals surface area (Å²) in [5, 5.41) is 14.9. The molecule has 270 valence electrons. The number of fused-ring (bicyclic) bond motifs is 2. The fraction of sp³-hybridized carbons (Fsp3) is 0.667. The fourth-order valence-corrected chi connectivity index (χ4v) is 12.2. The van der Waals surface area contributed by atoms with Gasteiger partial charge in [-0.3, -0.25) is 19.7 Å². The molecule has 8 nitrogen and oxygen atoms in total. The molecule has 0 amide bonds. The van der Waals surface area contributed by atoms with Crippen LogP contribution in [0, 0.1) is 51.8 Å². The molecule has 3 heterocycles. The predicted octanol–water partition coefficient (Wildman–Crippen LogP) is 7.09. The number of carboxylic acid groups (broad SMARTS) is 1. The highest BCUT2D eigenvalue weighted by Crippen LogP contribution is 2.84. The van der Waals surface area contributed by atoms with Crippen molar-refractivity contribution in [2.24, 2.45) is 51.8 Å². The Bertz CT molecular complexity index is 1580. The van der Waals surface area contributed by atoms with Crippen LogP contribution in [0.25, 0.3) is 0 Å². The number of carboxylic acids is 1. The zero-order valence-electron chi connectivity index (χ0n) is 30.8. The summed E-state index contributed by atoms with van der Waals surface area (Å²) in [5.41, 5.74) is 1.32. The molecule has 2 aromatic rings. The van der Waals surface area contributed by atoms with E-state index in [4.69, 9.17) is 9.72 Å². The second kappa shape index (κ2) is 13.9. The van der Waals surface area contributed by atoms with E-state index in [-0.39, 0.29) is 30.0 Å². The van der Waals surface area contributed by atoms with E-state index in [2.05, 4.69) is 73.2 Å². The van der Waals surface area contributed by atoms with Gasteiger partial charge in [0.05, 0.1) is 34.7 Å². The van der Waals surface area contributed by atoms with Gasteiger partial charge < -0.3 is 20.0 Å². The van der Waals surface area contributed by atoms with Gasteiger partial charge in [-0.25, -0.2) is 0 Å². The lowest BCUT2D eigenvalue weighted by Crippen LogP contribution is -2.65. The first kappa shape index (κ1) is 35.5. The highest BCUT2D eigenvalue weighted by atomic mass is 16.5. The number of hydrogen-bond acceptors (Lipinski definition) is 7. The van der Waals surface area contributed by atoms with Gasteiger partial charge in [0.2, 0.25) is 0 Å². The van der Waals surface area contributed by atoms with Crippen LogP contribution in [0.5, 0.6) is 0 Å². The molecule has 4 aliphatic carbocycles. The van der Waals surface area contributed by atoms with Crippen LogP contribution in [0.4, 0.5) is 0 Å². The summed E-state index contributed by atoms with van der Waals surface area (Å²) in [5.74, 6) is 0.575. The second-order valence-electron chi connectivity index (χ2n) is 16.8. The van der Waals surface area contributed by atoms with E-state index in [0.717, 1.165) is 73.9 Å². The summed E-state index contributed by atoms with van der Waals surface area (Å²) in [4.78, 5) is 40.0. The van der Waals surface area contributed by atoms with E-state index in [0.29, 0.717) is 50.4 Å². The molecule has 7 rings (SSSR count). The first-order valence-corrected chi connectivity index (χ1v) is 19.4. The Morgan fingerprint density at radius 2 is 1.90 bits per heavy atom. The summed E-state index contributed by atoms with van der Waals surface area (Å²) in [6, 6.07) is 12.3. The quantitative estimate of drug-likeness (QED) is 0.152. The molecule has 3 saturated carbocycles. The van der Waals surface area contributed by atoms with E-state index < -0.39 is 22.2 Å². The van der Waals surface area contributed by atoms with Gasteiger partial charge in [0.25, 0.3) is 0 Å². The number of aliphatic carboxylic acids is 1. The van der Waals surface area contributed by atoms with Crippen molar-refractivity contribution in [3.8, 4) is 0 Å². The third kappa shape index (κ3) is 5.33. The van der Waals surface area contributed by atoms with Crippen LogP contribution in [-0.2, 0) is 34.0 Å². The predicted molar refractivity (Wildman–Crippen MR) is 194 cm³/mol. The fourth-order valence-electron chi connectivity index (χ4n) is 12.2. The number of nitrogens with one attached hydrogen (secondary N) is 1. The van der Waals surface area contributed by atoms with E-state index in [1.807, 2.05) is 25.4 Å². The minimum absolute atomic E-state index is 0.0401. The van der Waals surface area contributed by atoms with Crippen molar-refractivity contribution in [1.29, 1.82) is 0 Å². The molecule has 0 aromatic carbocycles. The summed E-state index contributed by atoms with van der Waals surface area (Å²) in [7, 11) is 1.94. The van der Waals surface area contributed by atoms with E-state index in [1.165, 1.54) is 0 Å². The van der Waals surface area contributed by atoms with Gasteiger partial charge in [-0.15, -0.1) is 0 Å². The van der Waals surface area contributed by atoms with Crippen molar-refractivity contribution in [2.45, 2.75) is 111 Å². The molecule has 10 atom stereocenters. The molecule has 8 heteroatoms. The van der Waals surface area contributed by atoms with Crippen molar-refractivity contribution in [2.75, 3.05) is 13.6 Å². The number of pyridine rings is 2. The van der Waals surface area contributed by atoms with E-state index in [1.54, 1.807) is 0 Å². The summed E-state index contributed by atoms with van der Waals surface area (Å²) >= 11 is 0. The van der Waals surface area contributed by atoms with Crippen LogP contribution in [0.15, 0.2) is 54.2 Å². The molecule has 1 saturated heterocycles. The molecular weight excluding hydrogens is 624 g/mol. The van der Waals surface area contributed by atoms with E-state index in [9.17, 15) is 14.7 Å². The van der Waals surface area contributed by atoms with Gasteiger partial charge in [0.1, 0.15) is 11.7 Å². The van der Waals surface area contributed by atoms with Crippen LogP contribution in [0.3, 0.4) is 0 Å². The van der Waals surface area contributed by atoms with Crippen LogP contribution >= 0.6 is 0 Å². The SMILES string of the molecule is CCCCC1CC(C23C[C@@H]4[C@H](C)CC[C@H]4C4(C=O)CC2C=C(C(C)C)C34C(=O)O)OC1CN(Cc1ccccn1)Cc1cccc(CNC)n1. The average molecular weight is 683 g/mol. The smallest absolute Gasteiger partial charge is 0.315 e. The Morgan fingerprint density at radius 1 is 1.12 bits per heavy atom. The number of aldehydes is 1. The van der Waals surface area contributed by atoms with Crippen molar-refractivity contribution < 1.29 is 19.4 Å². The van der Waals surface area contributed by atoms with Gasteiger partial charge in [0, 0.05) is 37.8 Å². The number of nitrogens with zero attached hydrogens (tertiary/aromatic N) is 3. The zero-order valence-corrected chi connectivity index (χ0v) is 30.8. The molecule has 2 aromatic heterocycles. The third-order valence-corrected chi connectivity index (χ3v) is 14.0. The molecule has 0 radical (unpaired) electrons. The Hall–Kier alpha value is -2.94. The number of allylic oxidation sites excluding steroid dienone is 1. The molecular formula is C42H58N4O4. The Labute approximate surface area is 298 Å². The Balaban J connectivity index is 1.26. The third-order valence-electron chi connectivity index (χ3n) is 14.0. The van der Waals surface area contributed by atoms with Gasteiger partial charge in [-0.1, -0.05) is 70.7 Å². The number of hydrogen-bond donors (Lipinski definition) is 2. The van der Waals surface area contributed by atoms with Crippen LogP contribution in [-0.4, -0.2) is 58.0 Å². The molecule has 1 aliphatic heterocycles. The number of aromatic nitrogens is 2. The first-order chi connectivity index (χ1) is 24.1. The lowest BCUT2D eigenvalue weighted by Gasteiger charge is -2.60. The van der Waals surface area contributed by atoms with Crippen LogP contribution < -0.4 is 5.32 Å². The number of carbonyl (C=O) groups is 2. The summed E-state index contributed by atoms with van der Waals surface area (Å²) < 4.78 is 7.45. The Morgan fingerprint density at radius 3 is 2.60 bits per heavy atom. The standard InChI is InChI=1S/C42H58N4O4/c1-6-7-11-29-18-38(50-37(29)25-46(23-32-12-8-9-17-44-32)24-33-14-10-13-31(45-33)22-43-5)41-21-34-28(4)15-16-35(34)40(26-47)20-30(41)19-36(27(2)3)42(40,41)39(48)49/h8-10,12-14,17,19,26-30,34-35,37-38,43H,6-7,11,15-16,18,20-25H2,1-5H3,(H,48,49)/t28-,29?,30?,34-,35-,37?,38?,40?,41?,42?/m1/s1. The lowest BCUT2D eigenvalue weighted by molar-refractivity contribution is -0.197. The molecule has 2 N–H and O–H groups in total. The molecule has 7 unspecified atom stereocenters. The maximum atomic E-state index is 14.2. The topological polar surface area (TPSA) is 105 Å². The molecule has 4 bridgehead atoms. The molecule has 4 fully saturated rings. The maximum Gasteiger partial charge on any atom is 0.315 e. The summed E-state index contributed by atoms with van der Waals surface area (Å²) in [6.45, 7) is 11.6. The van der Waals surface area contributed by atoms with Crippen molar-refractivity contribution in [1.82, 2.24) is 20.2 Å². The average Bonchev–Trinajstić information content (AvgIpc) is 3.81. The van der Waals surface area contributed by atoms with Crippen LogP contribution in [0.2, 0.25) is 0 Å². The van der Waals surface area contributed by atoms with Crippen molar-refractivity contribution in [3.05, 3.63) is 71.3 Å². The summed E-state index contributed by atoms with van der Waals surface area (Å²) in [6.07, 6.45) is 12.7. The highest BCUT2D eigenvalue weighted by Gasteiger charge is 2.86. The number of rotatable bonds is 15. The van der Waals surface area contributed by atoms with Crippen molar-refractivity contribution in [3.63, 3.8) is 0 Å². The number of unbranched alkanes of at least 4 members (excludes halogenated alkanes) is 1. The van der Waals surface area contributed by atoms with Gasteiger partial charge in [-0.05, 0) is 98.9 Å². The largest absolute Gasteiger partial charge is 0.481 e. The number of ether oxygens (including phenoxy) is 1. The first-order valence-electron chi connectivity index (χ1n) is 19.4. The van der Waals surface area contributed by atoms with Gasteiger partial charge in [0.15, 0.2) is 0 Å². The maximum absolute atomic E-state index is 14.2. The lowest BCUT2D eigenvalue weighted by atomic mass is 9.41. The second-order valence-corrected chi connectivity index (χ2v) is 16.8. The minimum atomic E-state index is -1.22. The monoisotopic (exact) mass is 682 g/mol. The number of carbonyl (C=O) groups excluding carboxylic acids is 1. The molecule has 0 spiro atoms. The van der Waals surface area contributed by atoms with Crippen LogP contribution in [0.1, 0.15) is 96.1 Å². The van der Waals surface area contributed by atoms with E-state index >= 15 is 0 Å². The zero-order chi connectivity index (χ0) is 35.3. The normalized spacial score (nSPS) is 37.0. The highest BCUT2D eigenvalue weighted by molar-refractivity contribution is 5.90. The van der Waals surface area contributed by atoms with Crippen molar-refractivity contribution >= 4 is 12.3 Å².